The maximum absolute atomic E-state index is 12.2. The molecule has 0 radical (unpaired) electrons. The van der Waals surface area contributed by atoms with Gasteiger partial charge in [0, 0.05) is 5.39 Å². The number of para-hydroxylation sites is 1. The molecule has 1 heterocycles. The Morgan fingerprint density at radius 3 is 2.58 bits per heavy atom. The second-order valence-electron chi connectivity index (χ2n) is 8.33. The quantitative estimate of drug-likeness (QED) is 0.779. The first-order valence-corrected chi connectivity index (χ1v) is 9.49. The minimum atomic E-state index is -0.186. The fraction of sp³-hybridized carbons (Fsp3) is 0.571. The summed E-state index contributed by atoms with van der Waals surface area (Å²) in [6, 6.07) is 7.33. The van der Waals surface area contributed by atoms with Crippen LogP contribution in [0.25, 0.3) is 10.9 Å². The van der Waals surface area contributed by atoms with Crippen molar-refractivity contribution in [2.24, 2.45) is 11.3 Å². The topological polar surface area (TPSA) is 61.2 Å². The summed E-state index contributed by atoms with van der Waals surface area (Å²) in [5.41, 5.74) is 0.972. The number of aromatic nitrogens is 2. The van der Waals surface area contributed by atoms with Crippen LogP contribution in [0.3, 0.4) is 0 Å². The van der Waals surface area contributed by atoms with E-state index in [4.69, 9.17) is 4.74 Å². The van der Waals surface area contributed by atoms with Crippen molar-refractivity contribution in [1.29, 1.82) is 0 Å². The van der Waals surface area contributed by atoms with Crippen molar-refractivity contribution in [2.45, 2.75) is 65.5 Å². The Morgan fingerprint density at radius 2 is 1.88 bits per heavy atom. The van der Waals surface area contributed by atoms with E-state index in [1.54, 1.807) is 10.7 Å². The zero-order valence-electron chi connectivity index (χ0n) is 15.9. The lowest BCUT2D eigenvalue weighted by Gasteiger charge is -2.36. The van der Waals surface area contributed by atoms with Crippen LogP contribution in [0.15, 0.2) is 35.3 Å². The Bertz CT molecular complexity index is 827. The summed E-state index contributed by atoms with van der Waals surface area (Å²) in [7, 11) is 0. The number of carbonyl (C=O) groups is 1. The molecule has 1 aliphatic carbocycles. The third kappa shape index (κ3) is 4.32. The predicted octanol–water partition coefficient (Wildman–Crippen LogP) is 3.93. The zero-order valence-corrected chi connectivity index (χ0v) is 15.9. The van der Waals surface area contributed by atoms with Crippen molar-refractivity contribution in [1.82, 2.24) is 9.78 Å². The number of ether oxygens (including phenoxy) is 1. The number of rotatable bonds is 4. The minimum absolute atomic E-state index is 0.0415. The molecule has 0 N–H and O–H groups in total. The number of benzene rings is 1. The number of aryl methyl sites for hydroxylation is 1. The largest absolute Gasteiger partial charge is 0.462 e. The molecule has 0 atom stereocenters. The Morgan fingerprint density at radius 1 is 1.19 bits per heavy atom. The average Bonchev–Trinajstić information content (AvgIpc) is 2.61. The summed E-state index contributed by atoms with van der Waals surface area (Å²) in [5.74, 6) is 0.517. The van der Waals surface area contributed by atoms with Gasteiger partial charge in [0.1, 0.15) is 6.10 Å². The molecule has 0 bridgehead atoms. The fourth-order valence-electron chi connectivity index (χ4n) is 3.83. The van der Waals surface area contributed by atoms with Crippen molar-refractivity contribution in [3.63, 3.8) is 0 Å². The molecule has 1 aromatic heterocycles. The van der Waals surface area contributed by atoms with Gasteiger partial charge in [0.2, 0.25) is 5.43 Å². The summed E-state index contributed by atoms with van der Waals surface area (Å²) < 4.78 is 7.37. The molecule has 0 saturated heterocycles. The summed E-state index contributed by atoms with van der Waals surface area (Å²) in [6.45, 7) is 7.26. The number of hydrogen-bond acceptors (Lipinski definition) is 4. The highest BCUT2D eigenvalue weighted by Gasteiger charge is 2.31. The maximum atomic E-state index is 12.2. The number of esters is 1. The molecule has 0 amide bonds. The van der Waals surface area contributed by atoms with Gasteiger partial charge < -0.3 is 4.74 Å². The van der Waals surface area contributed by atoms with Crippen molar-refractivity contribution in [3.05, 3.63) is 40.7 Å². The molecule has 0 spiro atoms. The molecular weight excluding hydrogens is 328 g/mol. The normalized spacial score (nSPS) is 20.9. The Balaban J connectivity index is 1.54. The van der Waals surface area contributed by atoms with Crippen LogP contribution in [-0.4, -0.2) is 21.9 Å². The van der Waals surface area contributed by atoms with Crippen LogP contribution in [0, 0.1) is 11.3 Å². The number of hydrogen-bond donors (Lipinski definition) is 0. The zero-order chi connectivity index (χ0) is 18.7. The van der Waals surface area contributed by atoms with Gasteiger partial charge in [-0.25, -0.2) is 0 Å². The molecule has 3 rings (SSSR count). The lowest BCUT2D eigenvalue weighted by Crippen LogP contribution is -2.30. The van der Waals surface area contributed by atoms with Crippen LogP contribution in [0.4, 0.5) is 0 Å². The van der Waals surface area contributed by atoms with Crippen molar-refractivity contribution in [2.75, 3.05) is 0 Å². The van der Waals surface area contributed by atoms with E-state index in [1.807, 2.05) is 18.2 Å². The van der Waals surface area contributed by atoms with Gasteiger partial charge in [-0.3, -0.25) is 14.3 Å². The third-order valence-corrected chi connectivity index (χ3v) is 5.49. The van der Waals surface area contributed by atoms with Gasteiger partial charge in [0.05, 0.1) is 24.7 Å². The van der Waals surface area contributed by atoms with E-state index in [2.05, 4.69) is 25.9 Å². The van der Waals surface area contributed by atoms with Gasteiger partial charge in [0.15, 0.2) is 0 Å². The van der Waals surface area contributed by atoms with Gasteiger partial charge >= 0.3 is 5.97 Å². The van der Waals surface area contributed by atoms with Gasteiger partial charge in [-0.15, -0.1) is 0 Å². The molecule has 0 unspecified atom stereocenters. The Labute approximate surface area is 154 Å². The summed E-state index contributed by atoms with van der Waals surface area (Å²) in [4.78, 5) is 24.1. The van der Waals surface area contributed by atoms with E-state index < -0.39 is 0 Å². The molecule has 2 aromatic rings. The van der Waals surface area contributed by atoms with E-state index >= 15 is 0 Å². The van der Waals surface area contributed by atoms with E-state index in [-0.39, 0.29) is 23.9 Å². The van der Waals surface area contributed by atoms with Gasteiger partial charge in [0.25, 0.3) is 0 Å². The van der Waals surface area contributed by atoms with E-state index in [0.29, 0.717) is 23.3 Å². The lowest BCUT2D eigenvalue weighted by atomic mass is 9.72. The second-order valence-corrected chi connectivity index (χ2v) is 8.33. The summed E-state index contributed by atoms with van der Waals surface area (Å²) >= 11 is 0. The van der Waals surface area contributed by atoms with Crippen LogP contribution >= 0.6 is 0 Å². The lowest BCUT2D eigenvalue weighted by molar-refractivity contribution is -0.151. The molecule has 140 valence electrons. The maximum Gasteiger partial charge on any atom is 0.307 e. The van der Waals surface area contributed by atoms with Crippen LogP contribution in [0.1, 0.15) is 52.9 Å². The number of carbonyl (C=O) groups excluding carboxylic acids is 1. The summed E-state index contributed by atoms with van der Waals surface area (Å²) in [5, 5.41) is 4.78. The molecule has 1 fully saturated rings. The van der Waals surface area contributed by atoms with E-state index in [0.717, 1.165) is 31.2 Å². The molecule has 26 heavy (non-hydrogen) atoms. The highest BCUT2D eigenvalue weighted by molar-refractivity contribution is 5.78. The summed E-state index contributed by atoms with van der Waals surface area (Å²) in [6.07, 6.45) is 5.75. The molecule has 1 saturated carbocycles. The Hall–Kier alpha value is -2.17. The van der Waals surface area contributed by atoms with Gasteiger partial charge in [-0.1, -0.05) is 32.9 Å². The smallest absolute Gasteiger partial charge is 0.307 e. The van der Waals surface area contributed by atoms with Crippen LogP contribution in [-0.2, 0) is 16.1 Å². The molecule has 1 aromatic carbocycles. The first-order valence-electron chi connectivity index (χ1n) is 9.49. The van der Waals surface area contributed by atoms with Crippen molar-refractivity contribution in [3.8, 4) is 0 Å². The molecule has 5 nitrogen and oxygen atoms in total. The monoisotopic (exact) mass is 356 g/mol. The first-order chi connectivity index (χ1) is 12.3. The van der Waals surface area contributed by atoms with Crippen molar-refractivity contribution < 1.29 is 9.53 Å². The van der Waals surface area contributed by atoms with Crippen LogP contribution in [0.2, 0.25) is 0 Å². The molecule has 0 aliphatic heterocycles. The van der Waals surface area contributed by atoms with E-state index in [9.17, 15) is 9.59 Å². The van der Waals surface area contributed by atoms with Crippen LogP contribution < -0.4 is 5.43 Å². The average molecular weight is 356 g/mol. The minimum Gasteiger partial charge on any atom is -0.462 e. The molecule has 5 heteroatoms. The van der Waals surface area contributed by atoms with Crippen molar-refractivity contribution >= 4 is 16.9 Å². The second kappa shape index (κ2) is 7.60. The Kier molecular flexibility index (Phi) is 5.44. The predicted molar refractivity (Wildman–Crippen MR) is 102 cm³/mol. The number of nitrogens with zero attached hydrogens (tertiary/aromatic N) is 2. The highest BCUT2D eigenvalue weighted by Crippen LogP contribution is 2.38. The molecular formula is C21H28N2O3. The van der Waals surface area contributed by atoms with Gasteiger partial charge in [-0.2, -0.15) is 5.10 Å². The fourth-order valence-corrected chi connectivity index (χ4v) is 3.83. The first kappa shape index (κ1) is 18.6. The standard InChI is InChI=1S/C21H28N2O3/c1-21(2,3)15-8-10-16(11-9-15)26-20(25)12-13-23-18-7-5-4-6-17(18)19(24)14-22-23/h4-7,14-16H,8-13H2,1-3H3. The SMILES string of the molecule is CC(C)(C)C1CCC(OC(=O)CCn2ncc(=O)c3ccccc32)CC1. The van der Waals surface area contributed by atoms with Gasteiger partial charge in [-0.05, 0) is 49.1 Å². The van der Waals surface area contributed by atoms with Crippen LogP contribution in [0.5, 0.6) is 0 Å². The third-order valence-electron chi connectivity index (χ3n) is 5.49. The highest BCUT2D eigenvalue weighted by atomic mass is 16.5. The molecule has 1 aliphatic rings. The number of fused-ring (bicyclic) bond motifs is 1. The van der Waals surface area contributed by atoms with E-state index in [1.165, 1.54) is 6.20 Å².